The largest absolute Gasteiger partial charge is 0.459 e. The van der Waals surface area contributed by atoms with Gasteiger partial charge >= 0.3 is 0 Å². The Morgan fingerprint density at radius 1 is 1.30 bits per heavy atom. The summed E-state index contributed by atoms with van der Waals surface area (Å²) in [4.78, 5) is 2.56. The Hall–Kier alpha value is -2.20. The zero-order valence-electron chi connectivity index (χ0n) is 13.5. The van der Waals surface area contributed by atoms with Crippen molar-refractivity contribution < 1.29 is 4.42 Å². The van der Waals surface area contributed by atoms with Gasteiger partial charge in [-0.15, -0.1) is 0 Å². The lowest BCUT2D eigenvalue weighted by molar-refractivity contribution is 0.266. The molecule has 1 atom stereocenters. The van der Waals surface area contributed by atoms with Crippen LogP contribution in [0.3, 0.4) is 0 Å². The predicted octanol–water partition coefficient (Wildman–Crippen LogP) is 3.81. The van der Waals surface area contributed by atoms with E-state index >= 15 is 0 Å². The molecule has 1 N–H and O–H groups in total. The van der Waals surface area contributed by atoms with Crippen LogP contribution in [0.15, 0.2) is 53.2 Å². The lowest BCUT2D eigenvalue weighted by Gasteiger charge is -2.22. The Morgan fingerprint density at radius 2 is 2.26 bits per heavy atom. The van der Waals surface area contributed by atoms with Gasteiger partial charge in [-0.25, -0.2) is 0 Å². The van der Waals surface area contributed by atoms with Crippen LogP contribution in [-0.2, 0) is 6.42 Å². The average Bonchev–Trinajstić information content (AvgIpc) is 3.19. The zero-order chi connectivity index (χ0) is 15.6. The van der Waals surface area contributed by atoms with Crippen LogP contribution in [-0.4, -0.2) is 24.0 Å². The summed E-state index contributed by atoms with van der Waals surface area (Å²) in [5.74, 6) is 1.07. The number of anilines is 1. The molecule has 1 aromatic heterocycles. The lowest BCUT2D eigenvalue weighted by atomic mass is 10.2. The number of hydrogen-bond acceptors (Lipinski definition) is 4. The number of furan rings is 1. The van der Waals surface area contributed by atoms with Gasteiger partial charge in [0.1, 0.15) is 11.4 Å². The van der Waals surface area contributed by atoms with E-state index in [0.29, 0.717) is 6.04 Å². The summed E-state index contributed by atoms with van der Waals surface area (Å²) in [6.07, 6.45) is 11.5. The second kappa shape index (κ2) is 6.13. The Kier molecular flexibility index (Phi) is 3.83. The van der Waals surface area contributed by atoms with Gasteiger partial charge in [-0.3, -0.25) is 5.01 Å². The molecule has 0 saturated carbocycles. The first-order chi connectivity index (χ1) is 11.3. The van der Waals surface area contributed by atoms with Gasteiger partial charge in [-0.05, 0) is 50.6 Å². The molecule has 1 aromatic carbocycles. The third kappa shape index (κ3) is 2.86. The molecule has 4 rings (SSSR count). The molecule has 2 aliphatic heterocycles. The summed E-state index contributed by atoms with van der Waals surface area (Å²) in [7, 11) is 0. The molecular formula is C19H23N3O. The zero-order valence-corrected chi connectivity index (χ0v) is 13.5. The molecule has 0 bridgehead atoms. The van der Waals surface area contributed by atoms with Gasteiger partial charge in [0.2, 0.25) is 0 Å². The summed E-state index contributed by atoms with van der Waals surface area (Å²) in [5, 5.41) is 3.15. The first kappa shape index (κ1) is 14.4. The highest BCUT2D eigenvalue weighted by atomic mass is 16.3. The van der Waals surface area contributed by atoms with Crippen molar-refractivity contribution >= 4 is 16.7 Å². The van der Waals surface area contributed by atoms with Crippen LogP contribution >= 0.6 is 0 Å². The highest BCUT2D eigenvalue weighted by Crippen LogP contribution is 2.30. The molecule has 0 radical (unpaired) electrons. The van der Waals surface area contributed by atoms with Gasteiger partial charge in [0, 0.05) is 36.8 Å². The minimum atomic E-state index is 0.712. The van der Waals surface area contributed by atoms with Gasteiger partial charge < -0.3 is 14.7 Å². The summed E-state index contributed by atoms with van der Waals surface area (Å²) in [6.45, 7) is 4.63. The fourth-order valence-corrected chi connectivity index (χ4v) is 3.50. The summed E-state index contributed by atoms with van der Waals surface area (Å²) < 4.78 is 6.18. The Morgan fingerprint density at radius 3 is 3.04 bits per heavy atom. The number of hydrogen-bond donors (Lipinski definition) is 1. The van der Waals surface area contributed by atoms with Crippen molar-refractivity contribution in [1.82, 2.24) is 10.3 Å². The average molecular weight is 309 g/mol. The van der Waals surface area contributed by atoms with Crippen molar-refractivity contribution in [3.8, 4) is 0 Å². The van der Waals surface area contributed by atoms with Gasteiger partial charge in [0.05, 0.1) is 0 Å². The van der Waals surface area contributed by atoms with E-state index in [1.807, 2.05) is 29.6 Å². The van der Waals surface area contributed by atoms with Crippen molar-refractivity contribution in [1.29, 1.82) is 0 Å². The van der Waals surface area contributed by atoms with Crippen molar-refractivity contribution in [3.05, 3.63) is 54.6 Å². The second-order valence-corrected chi connectivity index (χ2v) is 6.39. The van der Waals surface area contributed by atoms with Crippen LogP contribution < -0.4 is 10.4 Å². The molecule has 1 fully saturated rings. The van der Waals surface area contributed by atoms with E-state index in [9.17, 15) is 0 Å². The molecule has 3 heterocycles. The van der Waals surface area contributed by atoms with Crippen LogP contribution in [0, 0.1) is 0 Å². The number of nitrogens with zero attached hydrogens (tertiary/aromatic N) is 2. The number of rotatable bonds is 4. The number of hydrazine groups is 1. The molecule has 0 spiro atoms. The molecule has 2 aliphatic rings. The molecule has 23 heavy (non-hydrogen) atoms. The fraction of sp³-hybridized carbons (Fsp3) is 0.368. The molecule has 120 valence electrons. The van der Waals surface area contributed by atoms with Gasteiger partial charge in [-0.2, -0.15) is 0 Å². The minimum Gasteiger partial charge on any atom is -0.459 e. The van der Waals surface area contributed by atoms with Crippen LogP contribution in [0.25, 0.3) is 11.0 Å². The SMILES string of the molecule is CC1CCCN1CCc1cc2cccc(N3C=CC=CN3)c2o1. The fourth-order valence-electron chi connectivity index (χ4n) is 3.50. The highest BCUT2D eigenvalue weighted by molar-refractivity contribution is 5.90. The maximum absolute atomic E-state index is 6.18. The monoisotopic (exact) mass is 309 g/mol. The standard InChI is InChI=1S/C19H23N3O/c1-15-6-5-11-21(15)13-9-17-14-16-7-4-8-18(19(16)23-17)22-12-3-2-10-20-22/h2-4,7-8,10,12,14-15,20H,5-6,9,11,13H2,1H3. The molecule has 2 aromatic rings. The van der Waals surface area contributed by atoms with E-state index in [4.69, 9.17) is 4.42 Å². The number of nitrogens with one attached hydrogen (secondary N) is 1. The number of para-hydroxylation sites is 1. The van der Waals surface area contributed by atoms with E-state index < -0.39 is 0 Å². The van der Waals surface area contributed by atoms with Crippen LogP contribution in [0.1, 0.15) is 25.5 Å². The van der Waals surface area contributed by atoms with Crippen molar-refractivity contribution in [2.75, 3.05) is 18.1 Å². The Balaban J connectivity index is 1.55. The first-order valence-corrected chi connectivity index (χ1v) is 8.45. The smallest absolute Gasteiger partial charge is 0.159 e. The van der Waals surface area contributed by atoms with E-state index in [-0.39, 0.29) is 0 Å². The summed E-state index contributed by atoms with van der Waals surface area (Å²) in [5.41, 5.74) is 5.21. The van der Waals surface area contributed by atoms with E-state index in [0.717, 1.165) is 35.4 Å². The third-order valence-electron chi connectivity index (χ3n) is 4.83. The maximum Gasteiger partial charge on any atom is 0.159 e. The molecule has 0 amide bonds. The molecule has 1 unspecified atom stereocenters. The first-order valence-electron chi connectivity index (χ1n) is 8.45. The molecule has 4 nitrogen and oxygen atoms in total. The lowest BCUT2D eigenvalue weighted by Crippen LogP contribution is -2.30. The molecule has 4 heteroatoms. The number of allylic oxidation sites excluding steroid dienone is 2. The second-order valence-electron chi connectivity index (χ2n) is 6.39. The normalized spacial score (nSPS) is 21.3. The van der Waals surface area contributed by atoms with Crippen molar-refractivity contribution in [3.63, 3.8) is 0 Å². The maximum atomic E-state index is 6.18. The topological polar surface area (TPSA) is 31.6 Å². The minimum absolute atomic E-state index is 0.712. The van der Waals surface area contributed by atoms with Crippen molar-refractivity contribution in [2.24, 2.45) is 0 Å². The molecular weight excluding hydrogens is 286 g/mol. The Bertz CT molecular complexity index is 746. The van der Waals surface area contributed by atoms with Crippen LogP contribution in [0.2, 0.25) is 0 Å². The van der Waals surface area contributed by atoms with Gasteiger partial charge in [0.25, 0.3) is 0 Å². The number of fused-ring (bicyclic) bond motifs is 1. The van der Waals surface area contributed by atoms with E-state index in [1.54, 1.807) is 0 Å². The summed E-state index contributed by atoms with van der Waals surface area (Å²) in [6, 6.07) is 9.17. The Labute approximate surface area is 137 Å². The molecule has 1 saturated heterocycles. The quantitative estimate of drug-likeness (QED) is 0.930. The van der Waals surface area contributed by atoms with Crippen molar-refractivity contribution in [2.45, 2.75) is 32.2 Å². The van der Waals surface area contributed by atoms with Crippen LogP contribution in [0.5, 0.6) is 0 Å². The number of likely N-dealkylation sites (tertiary alicyclic amines) is 1. The number of benzene rings is 1. The van der Waals surface area contributed by atoms with E-state index in [1.165, 1.54) is 19.4 Å². The van der Waals surface area contributed by atoms with Gasteiger partial charge in [0.15, 0.2) is 5.58 Å². The third-order valence-corrected chi connectivity index (χ3v) is 4.83. The summed E-state index contributed by atoms with van der Waals surface area (Å²) >= 11 is 0. The highest BCUT2D eigenvalue weighted by Gasteiger charge is 2.20. The van der Waals surface area contributed by atoms with E-state index in [2.05, 4.69) is 41.5 Å². The predicted molar refractivity (Wildman–Crippen MR) is 94.1 cm³/mol. The molecule has 0 aliphatic carbocycles. The van der Waals surface area contributed by atoms with Gasteiger partial charge in [-0.1, -0.05) is 12.1 Å². The van der Waals surface area contributed by atoms with Crippen LogP contribution in [0.4, 0.5) is 5.69 Å².